The average molecular weight is 401 g/mol. The molecule has 7 heteroatoms. The zero-order valence-corrected chi connectivity index (χ0v) is 17.1. The fourth-order valence-corrected chi connectivity index (χ4v) is 3.76. The molecule has 0 heterocycles. The van der Waals surface area contributed by atoms with Gasteiger partial charge in [0.2, 0.25) is 0 Å². The molecular weight excluding hydrogens is 373 g/mol. The largest absolute Gasteiger partial charge is 0.348 e. The predicted octanol–water partition coefficient (Wildman–Crippen LogP) is 2.53. The summed E-state index contributed by atoms with van der Waals surface area (Å²) in [5.74, 6) is 0.263. The highest BCUT2D eigenvalue weighted by Crippen LogP contribution is 2.29. The molecule has 4 atom stereocenters. The zero-order chi connectivity index (χ0) is 19.3. The van der Waals surface area contributed by atoms with E-state index in [0.717, 1.165) is 24.2 Å². The van der Waals surface area contributed by atoms with Crippen LogP contribution in [0.4, 0.5) is 5.69 Å². The fraction of sp³-hybridized carbons (Fsp3) is 0.579. The minimum absolute atomic E-state index is 0.00942. The molecule has 26 heavy (non-hydrogen) atoms. The molecular formula is C19H28Cl2N3O2+. The highest BCUT2D eigenvalue weighted by atomic mass is 35.5. The van der Waals surface area contributed by atoms with E-state index in [0.29, 0.717) is 21.7 Å². The summed E-state index contributed by atoms with van der Waals surface area (Å²) in [6.07, 6.45) is 4.58. The van der Waals surface area contributed by atoms with Crippen molar-refractivity contribution in [3.63, 3.8) is 0 Å². The molecule has 2 amide bonds. The lowest BCUT2D eigenvalue weighted by molar-refractivity contribution is -0.885. The highest BCUT2D eigenvalue weighted by molar-refractivity contribution is 6.39. The van der Waals surface area contributed by atoms with Crippen molar-refractivity contribution in [1.82, 2.24) is 5.32 Å². The van der Waals surface area contributed by atoms with Gasteiger partial charge in [-0.05, 0) is 37.8 Å². The number of nitrogens with one attached hydrogen (secondary N) is 3. The van der Waals surface area contributed by atoms with Gasteiger partial charge in [-0.15, -0.1) is 0 Å². The summed E-state index contributed by atoms with van der Waals surface area (Å²) in [7, 11) is 1.84. The minimum Gasteiger partial charge on any atom is -0.348 e. The number of amides is 2. The maximum absolute atomic E-state index is 12.5. The summed E-state index contributed by atoms with van der Waals surface area (Å²) in [6, 6.07) is 4.97. The minimum atomic E-state index is -0.323. The van der Waals surface area contributed by atoms with Gasteiger partial charge in [-0.1, -0.05) is 49.0 Å². The van der Waals surface area contributed by atoms with Crippen molar-refractivity contribution in [3.8, 4) is 0 Å². The van der Waals surface area contributed by atoms with Gasteiger partial charge in [0.05, 0.1) is 22.8 Å². The Labute approximate surface area is 165 Å². The zero-order valence-electron chi connectivity index (χ0n) is 15.6. The lowest BCUT2D eigenvalue weighted by Gasteiger charge is -2.31. The monoisotopic (exact) mass is 400 g/mol. The predicted molar refractivity (Wildman–Crippen MR) is 106 cm³/mol. The third-order valence-electron chi connectivity index (χ3n) is 5.24. The number of rotatable bonds is 6. The van der Waals surface area contributed by atoms with Gasteiger partial charge in [0.25, 0.3) is 11.8 Å². The van der Waals surface area contributed by atoms with Crippen molar-refractivity contribution in [2.24, 2.45) is 5.92 Å². The Morgan fingerprint density at radius 1 is 1.23 bits per heavy atom. The molecule has 0 saturated heterocycles. The van der Waals surface area contributed by atoms with Gasteiger partial charge in [-0.3, -0.25) is 9.59 Å². The van der Waals surface area contributed by atoms with Crippen molar-refractivity contribution in [3.05, 3.63) is 28.2 Å². The molecule has 1 saturated carbocycles. The van der Waals surface area contributed by atoms with E-state index in [1.807, 2.05) is 14.0 Å². The molecule has 1 aliphatic rings. The first-order valence-corrected chi connectivity index (χ1v) is 9.91. The summed E-state index contributed by atoms with van der Waals surface area (Å²) in [6.45, 7) is 4.18. The number of hydrogen-bond acceptors (Lipinski definition) is 2. The second-order valence-electron chi connectivity index (χ2n) is 7.27. The van der Waals surface area contributed by atoms with E-state index in [9.17, 15) is 9.59 Å². The molecule has 1 aliphatic carbocycles. The molecule has 144 valence electrons. The Balaban J connectivity index is 1.88. The van der Waals surface area contributed by atoms with Gasteiger partial charge in [-0.25, -0.2) is 0 Å². The molecule has 3 N–H and O–H groups in total. The number of likely N-dealkylation sites (N-methyl/N-ethyl adjacent to an activating group) is 1. The molecule has 0 aliphatic heterocycles. The van der Waals surface area contributed by atoms with Crippen molar-refractivity contribution in [1.29, 1.82) is 0 Å². The Morgan fingerprint density at radius 2 is 1.85 bits per heavy atom. The first-order valence-electron chi connectivity index (χ1n) is 9.16. The molecule has 5 nitrogen and oxygen atoms in total. The summed E-state index contributed by atoms with van der Waals surface area (Å²) in [5.41, 5.74) is 0.404. The third-order valence-corrected chi connectivity index (χ3v) is 5.87. The number of quaternary nitrogens is 1. The van der Waals surface area contributed by atoms with Gasteiger partial charge in [0.15, 0.2) is 12.6 Å². The van der Waals surface area contributed by atoms with E-state index in [1.165, 1.54) is 6.42 Å². The van der Waals surface area contributed by atoms with Crippen LogP contribution in [0.3, 0.4) is 0 Å². The summed E-state index contributed by atoms with van der Waals surface area (Å²) in [5, 5.41) is 6.67. The van der Waals surface area contributed by atoms with Crippen LogP contribution in [0.15, 0.2) is 18.2 Å². The highest BCUT2D eigenvalue weighted by Gasteiger charge is 2.29. The van der Waals surface area contributed by atoms with Crippen LogP contribution in [0, 0.1) is 5.92 Å². The fourth-order valence-electron chi connectivity index (χ4n) is 3.27. The van der Waals surface area contributed by atoms with E-state index in [4.69, 9.17) is 23.2 Å². The van der Waals surface area contributed by atoms with E-state index in [2.05, 4.69) is 17.6 Å². The van der Waals surface area contributed by atoms with Crippen molar-refractivity contribution in [2.45, 2.75) is 51.6 Å². The molecule has 2 rings (SSSR count). The Hall–Kier alpha value is -1.30. The number of carbonyl (C=O) groups excluding carboxylic acids is 2. The SMILES string of the molecule is C[C@@H]1CCCC[C@@H]1NC(=O)[C@@H](C)[NH+](C)CC(=O)Nc1c(Cl)cccc1Cl. The second kappa shape index (κ2) is 9.58. The molecule has 1 aromatic rings. The lowest BCUT2D eigenvalue weighted by atomic mass is 9.86. The van der Waals surface area contributed by atoms with E-state index < -0.39 is 0 Å². The number of benzene rings is 1. The molecule has 0 aromatic heterocycles. The molecule has 1 fully saturated rings. The van der Waals surface area contributed by atoms with Crippen LogP contribution < -0.4 is 15.5 Å². The van der Waals surface area contributed by atoms with Crippen molar-refractivity contribution >= 4 is 40.7 Å². The van der Waals surface area contributed by atoms with Crippen LogP contribution in [-0.4, -0.2) is 37.5 Å². The number of hydrogen-bond donors (Lipinski definition) is 3. The number of carbonyl (C=O) groups is 2. The van der Waals surface area contributed by atoms with Gasteiger partial charge in [0.1, 0.15) is 0 Å². The van der Waals surface area contributed by atoms with Crippen LogP contribution in [0.25, 0.3) is 0 Å². The third kappa shape index (κ3) is 5.60. The van der Waals surface area contributed by atoms with Gasteiger partial charge < -0.3 is 15.5 Å². The van der Waals surface area contributed by atoms with E-state index in [-0.39, 0.29) is 30.4 Å². The topological polar surface area (TPSA) is 62.6 Å². The Kier molecular flexibility index (Phi) is 7.74. The molecule has 1 unspecified atom stereocenters. The van der Waals surface area contributed by atoms with Crippen molar-refractivity contribution in [2.75, 3.05) is 18.9 Å². The molecule has 0 bridgehead atoms. The van der Waals surface area contributed by atoms with E-state index in [1.54, 1.807) is 18.2 Å². The first kappa shape index (κ1) is 21.0. The van der Waals surface area contributed by atoms with Crippen LogP contribution >= 0.6 is 23.2 Å². The maximum atomic E-state index is 12.5. The Morgan fingerprint density at radius 3 is 2.46 bits per heavy atom. The lowest BCUT2D eigenvalue weighted by Crippen LogP contribution is -3.15. The van der Waals surface area contributed by atoms with Gasteiger partial charge >= 0.3 is 0 Å². The van der Waals surface area contributed by atoms with Gasteiger partial charge in [0, 0.05) is 6.04 Å². The molecule has 1 aromatic carbocycles. The Bertz CT molecular complexity index is 633. The number of para-hydroxylation sites is 1. The summed E-state index contributed by atoms with van der Waals surface area (Å²) in [4.78, 5) is 25.7. The quantitative estimate of drug-likeness (QED) is 0.686. The number of halogens is 2. The average Bonchev–Trinajstić information content (AvgIpc) is 2.59. The van der Waals surface area contributed by atoms with Crippen LogP contribution in [0.5, 0.6) is 0 Å². The maximum Gasteiger partial charge on any atom is 0.279 e. The standard InChI is InChI=1S/C19H27Cl2N3O2/c1-12-7-4-5-10-16(12)22-19(26)13(2)24(3)11-17(25)23-18-14(20)8-6-9-15(18)21/h6,8-9,12-13,16H,4-5,7,10-11H2,1-3H3,(H,22,26)(H,23,25)/p+1/t12-,13-,16+/m1/s1. The number of anilines is 1. The summed E-state index contributed by atoms with van der Waals surface area (Å²) >= 11 is 12.2. The summed E-state index contributed by atoms with van der Waals surface area (Å²) < 4.78 is 0. The molecule has 0 radical (unpaired) electrons. The second-order valence-corrected chi connectivity index (χ2v) is 8.08. The smallest absolute Gasteiger partial charge is 0.279 e. The van der Waals surface area contributed by atoms with Crippen molar-refractivity contribution < 1.29 is 14.5 Å². The van der Waals surface area contributed by atoms with Crippen LogP contribution in [0.2, 0.25) is 10.0 Å². The van der Waals surface area contributed by atoms with E-state index >= 15 is 0 Å². The van der Waals surface area contributed by atoms with Crippen LogP contribution in [0.1, 0.15) is 39.5 Å². The van der Waals surface area contributed by atoms with Gasteiger partial charge in [-0.2, -0.15) is 0 Å². The normalized spacial score (nSPS) is 22.3. The first-order chi connectivity index (χ1) is 12.3. The van der Waals surface area contributed by atoms with Crippen LogP contribution in [-0.2, 0) is 9.59 Å². The molecule has 0 spiro atoms.